The van der Waals surface area contributed by atoms with Crippen molar-refractivity contribution in [1.29, 1.82) is 0 Å². The van der Waals surface area contributed by atoms with E-state index in [2.05, 4.69) is 17.4 Å². The van der Waals surface area contributed by atoms with Crippen LogP contribution >= 0.6 is 11.6 Å². The van der Waals surface area contributed by atoms with Crippen molar-refractivity contribution in [2.24, 2.45) is 5.41 Å². The van der Waals surface area contributed by atoms with Gasteiger partial charge >= 0.3 is 0 Å². The van der Waals surface area contributed by atoms with E-state index in [1.807, 2.05) is 12.1 Å². The molecule has 1 aliphatic carbocycles. The highest BCUT2D eigenvalue weighted by molar-refractivity contribution is 6.30. The number of hydrogen-bond donors (Lipinski definition) is 2. The summed E-state index contributed by atoms with van der Waals surface area (Å²) in [5, 5.41) is 13.7. The van der Waals surface area contributed by atoms with Gasteiger partial charge in [-0.2, -0.15) is 0 Å². The molecule has 16 heavy (non-hydrogen) atoms. The Kier molecular flexibility index (Phi) is 2.29. The summed E-state index contributed by atoms with van der Waals surface area (Å²) in [4.78, 5) is 0. The van der Waals surface area contributed by atoms with E-state index in [0.717, 1.165) is 31.0 Å². The van der Waals surface area contributed by atoms with E-state index < -0.39 is 0 Å². The van der Waals surface area contributed by atoms with Gasteiger partial charge in [0.15, 0.2) is 0 Å². The normalized spacial score (nSPS) is 36.9. The summed E-state index contributed by atoms with van der Waals surface area (Å²) in [5.74, 6) is 0. The predicted molar refractivity (Wildman–Crippen MR) is 64.8 cm³/mol. The number of fused-ring (bicyclic) bond motifs is 2. The van der Waals surface area contributed by atoms with Crippen molar-refractivity contribution in [2.75, 3.05) is 19.7 Å². The summed E-state index contributed by atoms with van der Waals surface area (Å²) in [7, 11) is 0. The first-order valence-electron chi connectivity index (χ1n) is 5.76. The van der Waals surface area contributed by atoms with Gasteiger partial charge in [0.05, 0.1) is 0 Å². The molecule has 0 aromatic heterocycles. The number of aliphatic hydroxyl groups excluding tert-OH is 1. The van der Waals surface area contributed by atoms with Gasteiger partial charge in [-0.3, -0.25) is 0 Å². The number of halogens is 1. The molecular formula is C13H16ClNO. The third-order valence-electron chi connectivity index (χ3n) is 4.16. The van der Waals surface area contributed by atoms with Crippen molar-refractivity contribution >= 4 is 11.6 Å². The van der Waals surface area contributed by atoms with Crippen LogP contribution in [-0.2, 0) is 5.41 Å². The fourth-order valence-electron chi connectivity index (χ4n) is 3.49. The van der Waals surface area contributed by atoms with Gasteiger partial charge < -0.3 is 10.4 Å². The van der Waals surface area contributed by atoms with E-state index in [4.69, 9.17) is 11.6 Å². The van der Waals surface area contributed by atoms with Crippen molar-refractivity contribution in [3.05, 3.63) is 34.9 Å². The summed E-state index contributed by atoms with van der Waals surface area (Å²) in [6.07, 6.45) is 2.17. The Morgan fingerprint density at radius 3 is 2.81 bits per heavy atom. The number of aliphatic hydroxyl groups is 1. The SMILES string of the molecule is OCC12CNCC(c3cccc(Cl)c3)(C1)C2. The third kappa shape index (κ3) is 1.41. The molecule has 2 aliphatic heterocycles. The fourth-order valence-corrected chi connectivity index (χ4v) is 3.68. The molecule has 2 saturated heterocycles. The molecule has 0 radical (unpaired) electrons. The minimum atomic E-state index is 0.126. The first-order chi connectivity index (χ1) is 7.68. The van der Waals surface area contributed by atoms with Crippen LogP contribution in [0.3, 0.4) is 0 Å². The van der Waals surface area contributed by atoms with Gasteiger partial charge in [-0.15, -0.1) is 0 Å². The largest absolute Gasteiger partial charge is 0.396 e. The van der Waals surface area contributed by atoms with Gasteiger partial charge in [0.2, 0.25) is 0 Å². The average Bonchev–Trinajstić information content (AvgIpc) is 2.28. The van der Waals surface area contributed by atoms with Gasteiger partial charge in [-0.25, -0.2) is 0 Å². The monoisotopic (exact) mass is 237 g/mol. The molecule has 3 aliphatic rings. The van der Waals surface area contributed by atoms with E-state index in [0.29, 0.717) is 6.61 Å². The first kappa shape index (κ1) is 10.6. The quantitative estimate of drug-likeness (QED) is 0.824. The van der Waals surface area contributed by atoms with Gasteiger partial charge in [0, 0.05) is 35.5 Å². The Balaban J connectivity index is 1.91. The molecule has 4 rings (SSSR count). The number of benzene rings is 1. The van der Waals surface area contributed by atoms with Crippen molar-refractivity contribution < 1.29 is 5.11 Å². The maximum Gasteiger partial charge on any atom is 0.0500 e. The molecule has 1 saturated carbocycles. The molecule has 2 nitrogen and oxygen atoms in total. The Labute approximate surface area is 101 Å². The highest BCUT2D eigenvalue weighted by Gasteiger charge is 2.57. The van der Waals surface area contributed by atoms with Crippen LogP contribution in [0.4, 0.5) is 0 Å². The topological polar surface area (TPSA) is 32.3 Å². The number of nitrogens with one attached hydrogen (secondary N) is 1. The van der Waals surface area contributed by atoms with E-state index in [-0.39, 0.29) is 10.8 Å². The van der Waals surface area contributed by atoms with E-state index in [1.165, 1.54) is 5.56 Å². The Morgan fingerprint density at radius 1 is 1.31 bits per heavy atom. The Bertz CT molecular complexity index is 412. The van der Waals surface area contributed by atoms with Gasteiger partial charge in [0.25, 0.3) is 0 Å². The zero-order chi connectivity index (χ0) is 11.2. The maximum atomic E-state index is 9.44. The van der Waals surface area contributed by atoms with Crippen molar-refractivity contribution in [1.82, 2.24) is 5.32 Å². The molecular weight excluding hydrogens is 222 g/mol. The number of rotatable bonds is 2. The van der Waals surface area contributed by atoms with Gasteiger partial charge in [-0.05, 0) is 30.5 Å². The minimum Gasteiger partial charge on any atom is -0.396 e. The zero-order valence-electron chi connectivity index (χ0n) is 9.17. The van der Waals surface area contributed by atoms with E-state index in [1.54, 1.807) is 0 Å². The smallest absolute Gasteiger partial charge is 0.0500 e. The average molecular weight is 238 g/mol. The molecule has 1 aromatic carbocycles. The van der Waals surface area contributed by atoms with Crippen LogP contribution in [0.1, 0.15) is 18.4 Å². The molecule has 3 heteroatoms. The van der Waals surface area contributed by atoms with Gasteiger partial charge in [0.1, 0.15) is 0 Å². The number of piperidine rings is 2. The minimum absolute atomic E-state index is 0.126. The van der Waals surface area contributed by atoms with E-state index in [9.17, 15) is 5.11 Å². The lowest BCUT2D eigenvalue weighted by Gasteiger charge is -2.60. The van der Waals surface area contributed by atoms with Gasteiger partial charge in [-0.1, -0.05) is 23.7 Å². The predicted octanol–water partition coefficient (Wildman–Crippen LogP) is 1.95. The second-order valence-corrected chi connectivity index (χ2v) is 5.84. The molecule has 2 heterocycles. The molecule has 0 unspecified atom stereocenters. The molecule has 2 bridgehead atoms. The maximum absolute atomic E-state index is 9.44. The fraction of sp³-hybridized carbons (Fsp3) is 0.538. The molecule has 1 aromatic rings. The lowest BCUT2D eigenvalue weighted by Crippen LogP contribution is -2.65. The second-order valence-electron chi connectivity index (χ2n) is 5.41. The van der Waals surface area contributed by atoms with E-state index >= 15 is 0 Å². The van der Waals surface area contributed by atoms with Crippen LogP contribution < -0.4 is 5.32 Å². The summed E-state index contributed by atoms with van der Waals surface area (Å²) in [6.45, 7) is 2.25. The lowest BCUT2D eigenvalue weighted by atomic mass is 9.48. The molecule has 0 atom stereocenters. The first-order valence-corrected chi connectivity index (χ1v) is 6.14. The standard InChI is InChI=1S/C13H16ClNO/c14-11-3-1-2-10(4-11)13-5-12(6-13,9-16)7-15-8-13/h1-4,15-16H,5-9H2. The van der Waals surface area contributed by atoms with Crippen molar-refractivity contribution in [2.45, 2.75) is 18.3 Å². The molecule has 86 valence electrons. The summed E-state index contributed by atoms with van der Waals surface area (Å²) < 4.78 is 0. The molecule has 2 N–H and O–H groups in total. The van der Waals surface area contributed by atoms with Crippen LogP contribution in [0.15, 0.2) is 24.3 Å². The second kappa shape index (κ2) is 3.46. The van der Waals surface area contributed by atoms with Crippen molar-refractivity contribution in [3.8, 4) is 0 Å². The highest BCUT2D eigenvalue weighted by Crippen LogP contribution is 2.57. The summed E-state index contributed by atoms with van der Waals surface area (Å²) >= 11 is 6.04. The summed E-state index contributed by atoms with van der Waals surface area (Å²) in [6, 6.07) is 8.14. The van der Waals surface area contributed by atoms with Crippen LogP contribution in [0, 0.1) is 5.41 Å². The van der Waals surface area contributed by atoms with Crippen LogP contribution in [0.25, 0.3) is 0 Å². The van der Waals surface area contributed by atoms with Crippen LogP contribution in [0.5, 0.6) is 0 Å². The summed E-state index contributed by atoms with van der Waals surface area (Å²) in [5.41, 5.74) is 1.66. The molecule has 0 spiro atoms. The highest BCUT2D eigenvalue weighted by atomic mass is 35.5. The molecule has 0 amide bonds. The van der Waals surface area contributed by atoms with Crippen LogP contribution in [0.2, 0.25) is 5.02 Å². The lowest BCUT2D eigenvalue weighted by molar-refractivity contribution is -0.0582. The molecule has 3 fully saturated rings. The number of hydrogen-bond acceptors (Lipinski definition) is 2. The third-order valence-corrected chi connectivity index (χ3v) is 4.40. The van der Waals surface area contributed by atoms with Crippen LogP contribution in [-0.4, -0.2) is 24.8 Å². The van der Waals surface area contributed by atoms with Crippen molar-refractivity contribution in [3.63, 3.8) is 0 Å². The Morgan fingerprint density at radius 2 is 2.12 bits per heavy atom. The zero-order valence-corrected chi connectivity index (χ0v) is 9.93. The Hall–Kier alpha value is -0.570.